The third kappa shape index (κ3) is 5.65. The maximum absolute atomic E-state index is 12.7. The summed E-state index contributed by atoms with van der Waals surface area (Å²) in [6, 6.07) is 13.8. The number of benzene rings is 2. The summed E-state index contributed by atoms with van der Waals surface area (Å²) in [5, 5.41) is 0. The second kappa shape index (κ2) is 10.3. The molecule has 0 fully saturated rings. The minimum atomic E-state index is -3.54. The minimum absolute atomic E-state index is 0.128. The van der Waals surface area contributed by atoms with Crippen molar-refractivity contribution < 1.29 is 17.9 Å². The summed E-state index contributed by atoms with van der Waals surface area (Å²) in [5.74, 6) is 1.70. The number of H-pyrrole nitrogens is 1. The summed E-state index contributed by atoms with van der Waals surface area (Å²) in [7, 11) is -2.17. The van der Waals surface area contributed by atoms with E-state index in [1.54, 1.807) is 42.5 Å². The van der Waals surface area contributed by atoms with Crippen molar-refractivity contribution in [3.05, 3.63) is 71.6 Å². The summed E-state index contributed by atoms with van der Waals surface area (Å²) >= 11 is 0. The Morgan fingerprint density at radius 2 is 1.94 bits per heavy atom. The number of imidazole rings is 1. The number of allylic oxidation sites excluding steroid dienone is 1. The molecule has 8 heteroatoms. The maximum Gasteiger partial charge on any atom is 0.337 e. The first kappa shape index (κ1) is 25.1. The number of aromatic nitrogens is 2. The highest BCUT2D eigenvalue weighted by atomic mass is 32.2. The molecule has 1 aliphatic carbocycles. The summed E-state index contributed by atoms with van der Waals surface area (Å²) in [6.45, 7) is 6.90. The lowest BCUT2D eigenvalue weighted by molar-refractivity contribution is 0.0601. The standard InChI is InChI=1S/C27H33N3O4S/c1-17(2)23-13-20(15-26-29-24-11-10-19(27(31)34-4)14-25(24)30-26)18(3)12-21(23)16-28-35(32,33)22-8-6-5-7-9-22/h5-12,14,17,20-21,23,28H,13,15-16H2,1-4H3,(H,29,30)/t20-,21-,23-/m0/s1. The van der Waals surface area contributed by atoms with E-state index in [2.05, 4.69) is 36.6 Å². The monoisotopic (exact) mass is 495 g/mol. The van der Waals surface area contributed by atoms with Crippen LogP contribution in [0.4, 0.5) is 0 Å². The molecule has 0 aliphatic heterocycles. The lowest BCUT2D eigenvalue weighted by atomic mass is 9.70. The van der Waals surface area contributed by atoms with Gasteiger partial charge in [-0.1, -0.05) is 43.7 Å². The molecule has 0 saturated heterocycles. The number of ether oxygens (including phenoxy) is 1. The third-order valence-electron chi connectivity index (χ3n) is 7.04. The number of sulfonamides is 1. The average molecular weight is 496 g/mol. The van der Waals surface area contributed by atoms with Gasteiger partial charge in [0.05, 0.1) is 28.6 Å². The maximum atomic E-state index is 12.7. The van der Waals surface area contributed by atoms with Gasteiger partial charge in [0.2, 0.25) is 10.0 Å². The van der Waals surface area contributed by atoms with Crippen LogP contribution in [0.5, 0.6) is 0 Å². The fourth-order valence-electron chi connectivity index (χ4n) is 5.03. The highest BCUT2D eigenvalue weighted by Gasteiger charge is 2.33. The Morgan fingerprint density at radius 3 is 2.63 bits per heavy atom. The zero-order valence-corrected chi connectivity index (χ0v) is 21.4. The quantitative estimate of drug-likeness (QED) is 0.348. The summed E-state index contributed by atoms with van der Waals surface area (Å²) in [4.78, 5) is 20.2. The molecule has 7 nitrogen and oxygen atoms in total. The number of nitrogens with one attached hydrogen (secondary N) is 2. The SMILES string of the molecule is COC(=O)c1ccc2nc(C[C@@H]3C[C@@H](C(C)C)[C@H](CNS(=O)(=O)c4ccccc4)C=C3C)[nH]c2c1. The second-order valence-electron chi connectivity index (χ2n) is 9.69. The first-order chi connectivity index (χ1) is 16.7. The molecule has 1 aromatic heterocycles. The molecule has 0 spiro atoms. The van der Waals surface area contributed by atoms with E-state index in [1.807, 2.05) is 6.07 Å². The Morgan fingerprint density at radius 1 is 1.20 bits per heavy atom. The molecule has 186 valence electrons. The minimum Gasteiger partial charge on any atom is -0.465 e. The number of hydrogen-bond acceptors (Lipinski definition) is 5. The molecule has 0 saturated carbocycles. The van der Waals surface area contributed by atoms with Crippen molar-refractivity contribution in [3.63, 3.8) is 0 Å². The Hall–Kier alpha value is -2.97. The summed E-state index contributed by atoms with van der Waals surface area (Å²) in [5.41, 5.74) is 3.37. The number of fused-ring (bicyclic) bond motifs is 1. The number of carbonyl (C=O) groups excluding carboxylic acids is 1. The lowest BCUT2D eigenvalue weighted by Gasteiger charge is -2.37. The van der Waals surface area contributed by atoms with E-state index in [-0.39, 0.29) is 16.8 Å². The van der Waals surface area contributed by atoms with Crippen LogP contribution in [0.2, 0.25) is 0 Å². The van der Waals surface area contributed by atoms with Crippen LogP contribution in [0, 0.1) is 23.7 Å². The molecular weight excluding hydrogens is 462 g/mol. The molecule has 0 unspecified atom stereocenters. The van der Waals surface area contributed by atoms with Crippen molar-refractivity contribution in [3.8, 4) is 0 Å². The molecule has 1 aliphatic rings. The Kier molecular flexibility index (Phi) is 7.42. The third-order valence-corrected chi connectivity index (χ3v) is 8.48. The van der Waals surface area contributed by atoms with Crippen LogP contribution in [0.1, 0.15) is 43.4 Å². The van der Waals surface area contributed by atoms with Crippen LogP contribution in [-0.2, 0) is 21.2 Å². The first-order valence-corrected chi connectivity index (χ1v) is 13.5. The molecule has 3 atom stereocenters. The summed E-state index contributed by atoms with van der Waals surface area (Å²) in [6.07, 6.45) is 3.96. The van der Waals surface area contributed by atoms with Crippen LogP contribution < -0.4 is 4.72 Å². The molecule has 2 N–H and O–H groups in total. The highest BCUT2D eigenvalue weighted by Crippen LogP contribution is 2.38. The first-order valence-electron chi connectivity index (χ1n) is 12.0. The molecule has 4 rings (SSSR count). The molecule has 35 heavy (non-hydrogen) atoms. The molecule has 0 radical (unpaired) electrons. The number of carbonyl (C=O) groups is 1. The zero-order valence-electron chi connectivity index (χ0n) is 20.6. The average Bonchev–Trinajstić information content (AvgIpc) is 3.25. The number of methoxy groups -OCH3 is 1. The van der Waals surface area contributed by atoms with Gasteiger partial charge in [0.25, 0.3) is 0 Å². The van der Waals surface area contributed by atoms with Crippen LogP contribution in [0.25, 0.3) is 11.0 Å². The van der Waals surface area contributed by atoms with E-state index in [0.29, 0.717) is 29.9 Å². The van der Waals surface area contributed by atoms with Gasteiger partial charge in [0.15, 0.2) is 0 Å². The molecule has 1 heterocycles. The lowest BCUT2D eigenvalue weighted by Crippen LogP contribution is -2.37. The molecular formula is C27H33N3O4S. The number of aromatic amines is 1. The Balaban J connectivity index is 1.50. The number of rotatable bonds is 8. The Bertz CT molecular complexity index is 1330. The number of esters is 1. The molecule has 2 aromatic carbocycles. The van der Waals surface area contributed by atoms with E-state index < -0.39 is 10.0 Å². The van der Waals surface area contributed by atoms with Crippen LogP contribution >= 0.6 is 0 Å². The van der Waals surface area contributed by atoms with E-state index >= 15 is 0 Å². The molecule has 3 aromatic rings. The largest absolute Gasteiger partial charge is 0.465 e. The van der Waals surface area contributed by atoms with Gasteiger partial charge >= 0.3 is 5.97 Å². The number of nitrogens with zero attached hydrogens (tertiary/aromatic N) is 1. The van der Waals surface area contributed by atoms with E-state index in [1.165, 1.54) is 12.7 Å². The van der Waals surface area contributed by atoms with Crippen molar-refractivity contribution in [2.75, 3.05) is 13.7 Å². The molecule has 0 bridgehead atoms. The van der Waals surface area contributed by atoms with E-state index in [0.717, 1.165) is 29.7 Å². The van der Waals surface area contributed by atoms with Crippen molar-refractivity contribution in [1.29, 1.82) is 0 Å². The van der Waals surface area contributed by atoms with Gasteiger partial charge in [-0.05, 0) is 67.3 Å². The highest BCUT2D eigenvalue weighted by molar-refractivity contribution is 7.89. The Labute approximate surface area is 207 Å². The van der Waals surface area contributed by atoms with Crippen LogP contribution in [0.15, 0.2) is 65.1 Å². The van der Waals surface area contributed by atoms with Crippen molar-refractivity contribution in [2.45, 2.75) is 38.5 Å². The predicted octanol–water partition coefficient (Wildman–Crippen LogP) is 4.73. The van der Waals surface area contributed by atoms with E-state index in [4.69, 9.17) is 9.72 Å². The van der Waals surface area contributed by atoms with Crippen LogP contribution in [-0.4, -0.2) is 38.0 Å². The van der Waals surface area contributed by atoms with Gasteiger partial charge in [-0.15, -0.1) is 0 Å². The van der Waals surface area contributed by atoms with Crippen molar-refractivity contribution in [2.24, 2.45) is 23.7 Å². The smallest absolute Gasteiger partial charge is 0.337 e. The topological polar surface area (TPSA) is 101 Å². The fourth-order valence-corrected chi connectivity index (χ4v) is 6.13. The van der Waals surface area contributed by atoms with Gasteiger partial charge in [-0.25, -0.2) is 22.9 Å². The number of hydrogen-bond donors (Lipinski definition) is 2. The normalized spacial score (nSPS) is 20.7. The van der Waals surface area contributed by atoms with Gasteiger partial charge in [0, 0.05) is 13.0 Å². The van der Waals surface area contributed by atoms with E-state index in [9.17, 15) is 13.2 Å². The summed E-state index contributed by atoms with van der Waals surface area (Å²) < 4.78 is 33.1. The predicted molar refractivity (Wildman–Crippen MR) is 136 cm³/mol. The second-order valence-corrected chi connectivity index (χ2v) is 11.5. The fraction of sp³-hybridized carbons (Fsp3) is 0.407. The van der Waals surface area contributed by atoms with Gasteiger partial charge < -0.3 is 9.72 Å². The van der Waals surface area contributed by atoms with Crippen molar-refractivity contribution >= 4 is 27.0 Å². The van der Waals surface area contributed by atoms with Gasteiger partial charge in [0.1, 0.15) is 5.82 Å². The van der Waals surface area contributed by atoms with Gasteiger partial charge in [-0.2, -0.15) is 0 Å². The van der Waals surface area contributed by atoms with Crippen molar-refractivity contribution in [1.82, 2.24) is 14.7 Å². The zero-order chi connectivity index (χ0) is 25.2. The van der Waals surface area contributed by atoms with Gasteiger partial charge in [-0.3, -0.25) is 0 Å². The molecule has 0 amide bonds. The van der Waals surface area contributed by atoms with Crippen LogP contribution in [0.3, 0.4) is 0 Å².